The lowest BCUT2D eigenvalue weighted by Gasteiger charge is -2.15. The molecule has 15 heavy (non-hydrogen) atoms. The van der Waals surface area contributed by atoms with Gasteiger partial charge in [-0.25, -0.2) is 4.39 Å². The highest BCUT2D eigenvalue weighted by Gasteiger charge is 2.26. The maximum Gasteiger partial charge on any atom is 0.173 e. The van der Waals surface area contributed by atoms with Gasteiger partial charge in [0.25, 0.3) is 0 Å². The third-order valence-electron chi connectivity index (χ3n) is 2.61. The second kappa shape index (κ2) is 3.87. The van der Waals surface area contributed by atoms with Crippen LogP contribution in [-0.2, 0) is 0 Å². The SMILES string of the molecule is Oc1cc(Cl)c(O)c(C2CCCN2)c1F. The molecule has 1 unspecified atom stereocenters. The lowest BCUT2D eigenvalue weighted by Crippen LogP contribution is -2.14. The maximum atomic E-state index is 13.6. The molecule has 1 aliphatic heterocycles. The Labute approximate surface area is 91.5 Å². The fourth-order valence-corrected chi connectivity index (χ4v) is 2.08. The summed E-state index contributed by atoms with van der Waals surface area (Å²) < 4.78 is 13.6. The number of hydrogen-bond acceptors (Lipinski definition) is 3. The standard InChI is InChI=1S/C10H11ClFNO2/c11-5-4-7(14)9(12)8(10(5)15)6-2-1-3-13-6/h4,6,13-15H,1-3H2. The molecule has 0 saturated carbocycles. The number of hydrogen-bond donors (Lipinski definition) is 3. The summed E-state index contributed by atoms with van der Waals surface area (Å²) in [6.45, 7) is 0.775. The first-order valence-electron chi connectivity index (χ1n) is 4.74. The molecule has 3 nitrogen and oxygen atoms in total. The largest absolute Gasteiger partial charge is 0.506 e. The van der Waals surface area contributed by atoms with E-state index in [2.05, 4.69) is 5.32 Å². The highest BCUT2D eigenvalue weighted by Crippen LogP contribution is 2.40. The number of rotatable bonds is 1. The van der Waals surface area contributed by atoms with E-state index in [0.29, 0.717) is 0 Å². The molecule has 1 heterocycles. The number of phenolic OH excluding ortho intramolecular Hbond substituents is 2. The Morgan fingerprint density at radius 3 is 2.80 bits per heavy atom. The second-order valence-electron chi connectivity index (χ2n) is 3.60. The minimum absolute atomic E-state index is 0.0300. The maximum absolute atomic E-state index is 13.6. The van der Waals surface area contributed by atoms with E-state index < -0.39 is 11.6 Å². The molecule has 1 fully saturated rings. The Balaban J connectivity index is 2.52. The van der Waals surface area contributed by atoms with E-state index in [4.69, 9.17) is 11.6 Å². The average Bonchev–Trinajstić information content (AvgIpc) is 2.69. The van der Waals surface area contributed by atoms with Gasteiger partial charge in [0.05, 0.1) is 10.6 Å². The van der Waals surface area contributed by atoms with Crippen LogP contribution in [0.4, 0.5) is 4.39 Å². The molecule has 1 aromatic rings. The van der Waals surface area contributed by atoms with Crippen LogP contribution in [0.3, 0.4) is 0 Å². The molecule has 3 N–H and O–H groups in total. The summed E-state index contributed by atoms with van der Waals surface area (Å²) in [5.74, 6) is -1.61. The lowest BCUT2D eigenvalue weighted by atomic mass is 10.0. The molecule has 0 aliphatic carbocycles. The van der Waals surface area contributed by atoms with E-state index in [1.807, 2.05) is 0 Å². The number of benzene rings is 1. The number of nitrogens with one attached hydrogen (secondary N) is 1. The summed E-state index contributed by atoms with van der Waals surface area (Å²) in [6.07, 6.45) is 1.64. The van der Waals surface area contributed by atoms with Crippen LogP contribution in [0.25, 0.3) is 0 Å². The summed E-state index contributed by atoms with van der Waals surface area (Å²) in [4.78, 5) is 0. The predicted molar refractivity (Wildman–Crippen MR) is 54.7 cm³/mol. The van der Waals surface area contributed by atoms with Crippen LogP contribution in [0, 0.1) is 5.82 Å². The van der Waals surface area contributed by atoms with Crippen molar-refractivity contribution in [3.05, 3.63) is 22.5 Å². The van der Waals surface area contributed by atoms with Crippen LogP contribution in [0.1, 0.15) is 24.4 Å². The van der Waals surface area contributed by atoms with Gasteiger partial charge >= 0.3 is 0 Å². The van der Waals surface area contributed by atoms with Crippen molar-refractivity contribution in [2.24, 2.45) is 0 Å². The van der Waals surface area contributed by atoms with Gasteiger partial charge in [0.15, 0.2) is 11.6 Å². The van der Waals surface area contributed by atoms with Crippen molar-refractivity contribution < 1.29 is 14.6 Å². The van der Waals surface area contributed by atoms with Crippen molar-refractivity contribution in [1.82, 2.24) is 5.32 Å². The highest BCUT2D eigenvalue weighted by atomic mass is 35.5. The predicted octanol–water partition coefficient (Wildman–Crippen LogP) is 2.31. The van der Waals surface area contributed by atoms with Crippen LogP contribution >= 0.6 is 11.6 Å². The van der Waals surface area contributed by atoms with Crippen molar-refractivity contribution in [2.75, 3.05) is 6.54 Å². The third-order valence-corrected chi connectivity index (χ3v) is 2.90. The molecular formula is C10H11ClFNO2. The molecule has 1 aliphatic rings. The van der Waals surface area contributed by atoms with Crippen LogP contribution in [0.5, 0.6) is 11.5 Å². The first kappa shape index (κ1) is 10.5. The molecular weight excluding hydrogens is 221 g/mol. The number of aromatic hydroxyl groups is 2. The molecule has 1 aromatic carbocycles. The van der Waals surface area contributed by atoms with Gasteiger partial charge < -0.3 is 15.5 Å². The monoisotopic (exact) mass is 231 g/mol. The van der Waals surface area contributed by atoms with Crippen molar-refractivity contribution in [3.63, 3.8) is 0 Å². The summed E-state index contributed by atoms with van der Waals surface area (Å²) in [6, 6.07) is 0.736. The molecule has 0 spiro atoms. The number of halogens is 2. The molecule has 1 saturated heterocycles. The molecule has 82 valence electrons. The summed E-state index contributed by atoms with van der Waals surface area (Å²) in [5.41, 5.74) is 0.0671. The van der Waals surface area contributed by atoms with E-state index in [1.54, 1.807) is 0 Å². The van der Waals surface area contributed by atoms with Gasteiger partial charge in [-0.1, -0.05) is 11.6 Å². The molecule has 0 aromatic heterocycles. The Bertz CT molecular complexity index is 365. The van der Waals surface area contributed by atoms with Gasteiger partial charge in [0.2, 0.25) is 0 Å². The lowest BCUT2D eigenvalue weighted by molar-refractivity contribution is 0.403. The van der Waals surface area contributed by atoms with E-state index in [-0.39, 0.29) is 22.4 Å². The van der Waals surface area contributed by atoms with Crippen molar-refractivity contribution >= 4 is 11.6 Å². The third kappa shape index (κ3) is 1.75. The van der Waals surface area contributed by atoms with Crippen LogP contribution in [0.2, 0.25) is 5.02 Å². The van der Waals surface area contributed by atoms with Gasteiger partial charge in [-0.3, -0.25) is 0 Å². The molecule has 1 atom stereocenters. The van der Waals surface area contributed by atoms with Gasteiger partial charge in [-0.2, -0.15) is 0 Å². The van der Waals surface area contributed by atoms with Gasteiger partial charge in [0, 0.05) is 12.1 Å². The first-order chi connectivity index (χ1) is 7.11. The van der Waals surface area contributed by atoms with Crippen LogP contribution < -0.4 is 5.32 Å². The first-order valence-corrected chi connectivity index (χ1v) is 5.12. The zero-order chi connectivity index (χ0) is 11.0. The molecule has 5 heteroatoms. The number of phenols is 2. The molecule has 0 radical (unpaired) electrons. The van der Waals surface area contributed by atoms with Crippen molar-refractivity contribution in [1.29, 1.82) is 0 Å². The molecule has 2 rings (SSSR count). The smallest absolute Gasteiger partial charge is 0.173 e. The fraction of sp³-hybridized carbons (Fsp3) is 0.400. The Morgan fingerprint density at radius 2 is 2.20 bits per heavy atom. The Morgan fingerprint density at radius 1 is 1.47 bits per heavy atom. The van der Waals surface area contributed by atoms with Crippen molar-refractivity contribution in [2.45, 2.75) is 18.9 Å². The molecule has 0 bridgehead atoms. The van der Waals surface area contributed by atoms with Crippen molar-refractivity contribution in [3.8, 4) is 11.5 Å². The Hall–Kier alpha value is -1.00. The summed E-state index contributed by atoms with van der Waals surface area (Å²) in [7, 11) is 0. The van der Waals surface area contributed by atoms with E-state index in [1.165, 1.54) is 0 Å². The van der Waals surface area contributed by atoms with E-state index >= 15 is 0 Å². The minimum Gasteiger partial charge on any atom is -0.506 e. The Kier molecular flexibility index (Phi) is 2.71. The van der Waals surface area contributed by atoms with E-state index in [9.17, 15) is 14.6 Å². The normalized spacial score (nSPS) is 20.8. The minimum atomic E-state index is -0.795. The van der Waals surface area contributed by atoms with E-state index in [0.717, 1.165) is 25.5 Å². The van der Waals surface area contributed by atoms with Gasteiger partial charge in [-0.05, 0) is 19.4 Å². The quantitative estimate of drug-likeness (QED) is 0.650. The summed E-state index contributed by atoms with van der Waals surface area (Å²) in [5, 5.41) is 21.9. The average molecular weight is 232 g/mol. The van der Waals surface area contributed by atoms with Gasteiger partial charge in [-0.15, -0.1) is 0 Å². The van der Waals surface area contributed by atoms with Crippen LogP contribution in [0.15, 0.2) is 6.07 Å². The van der Waals surface area contributed by atoms with Gasteiger partial charge in [0.1, 0.15) is 5.75 Å². The zero-order valence-corrected chi connectivity index (χ0v) is 8.68. The molecule has 0 amide bonds. The highest BCUT2D eigenvalue weighted by molar-refractivity contribution is 6.32. The fourth-order valence-electron chi connectivity index (χ4n) is 1.87. The topological polar surface area (TPSA) is 52.5 Å². The second-order valence-corrected chi connectivity index (χ2v) is 4.01. The zero-order valence-electron chi connectivity index (χ0n) is 7.93. The van der Waals surface area contributed by atoms with Crippen LogP contribution in [-0.4, -0.2) is 16.8 Å². The summed E-state index contributed by atoms with van der Waals surface area (Å²) >= 11 is 5.67.